The van der Waals surface area contributed by atoms with Gasteiger partial charge in [-0.3, -0.25) is 0 Å². The molecule has 0 saturated carbocycles. The van der Waals surface area contributed by atoms with Crippen molar-refractivity contribution in [2.24, 2.45) is 5.73 Å². The van der Waals surface area contributed by atoms with Crippen molar-refractivity contribution in [3.8, 4) is 0 Å². The summed E-state index contributed by atoms with van der Waals surface area (Å²) in [5.41, 5.74) is 5.44. The third-order valence-electron chi connectivity index (χ3n) is 3.19. The zero-order chi connectivity index (χ0) is 11.4. The maximum Gasteiger partial charge on any atom is 0.227 e. The Balaban J connectivity index is 1.92. The summed E-state index contributed by atoms with van der Waals surface area (Å²) in [7, 11) is 0. The van der Waals surface area contributed by atoms with Crippen LogP contribution < -0.4 is 5.73 Å². The number of nitrogens with two attached hydrogens (primary N) is 1. The fraction of sp³-hybridized carbons (Fsp3) is 0.818. The van der Waals surface area contributed by atoms with Gasteiger partial charge in [-0.05, 0) is 25.9 Å². The molecule has 2 N–H and O–H groups in total. The van der Waals surface area contributed by atoms with E-state index in [4.69, 9.17) is 10.3 Å². The van der Waals surface area contributed by atoms with Crippen molar-refractivity contribution in [3.05, 3.63) is 11.7 Å². The van der Waals surface area contributed by atoms with E-state index in [1.54, 1.807) is 0 Å². The van der Waals surface area contributed by atoms with Crippen LogP contribution in [0.2, 0.25) is 0 Å². The third kappa shape index (κ3) is 2.59. The lowest BCUT2D eigenvalue weighted by atomic mass is 10.1. The van der Waals surface area contributed by atoms with Gasteiger partial charge in [0.05, 0.1) is 0 Å². The van der Waals surface area contributed by atoms with Crippen LogP contribution in [0.25, 0.3) is 0 Å². The Morgan fingerprint density at radius 1 is 1.56 bits per heavy atom. The Kier molecular flexibility index (Phi) is 3.90. The van der Waals surface area contributed by atoms with Crippen molar-refractivity contribution in [1.29, 1.82) is 0 Å². The highest BCUT2D eigenvalue weighted by Crippen LogP contribution is 2.19. The van der Waals surface area contributed by atoms with Gasteiger partial charge in [-0.15, -0.1) is 0 Å². The second kappa shape index (κ2) is 5.41. The minimum atomic E-state index is 0.562. The molecule has 0 spiro atoms. The Morgan fingerprint density at radius 2 is 2.44 bits per heavy atom. The van der Waals surface area contributed by atoms with Crippen molar-refractivity contribution in [3.63, 3.8) is 0 Å². The summed E-state index contributed by atoms with van der Waals surface area (Å²) in [4.78, 5) is 6.83. The van der Waals surface area contributed by atoms with Gasteiger partial charge in [-0.2, -0.15) is 4.98 Å². The molecule has 1 aliphatic rings. The average molecular weight is 224 g/mol. The lowest BCUT2D eigenvalue weighted by Crippen LogP contribution is -2.31. The fourth-order valence-electron chi connectivity index (χ4n) is 2.35. The molecule has 0 aliphatic carbocycles. The number of rotatable bonds is 5. The first-order valence-electron chi connectivity index (χ1n) is 6.09. The Labute approximate surface area is 96.0 Å². The van der Waals surface area contributed by atoms with E-state index in [9.17, 15) is 0 Å². The molecular formula is C11H20N4O. The molecule has 0 amide bonds. The van der Waals surface area contributed by atoms with Crippen molar-refractivity contribution in [1.82, 2.24) is 15.0 Å². The lowest BCUT2D eigenvalue weighted by molar-refractivity contribution is 0.261. The smallest absolute Gasteiger partial charge is 0.227 e. The molecule has 5 nitrogen and oxygen atoms in total. The van der Waals surface area contributed by atoms with Crippen molar-refractivity contribution in [2.45, 2.75) is 38.6 Å². The number of aromatic nitrogens is 2. The van der Waals surface area contributed by atoms with Gasteiger partial charge in [0.25, 0.3) is 0 Å². The van der Waals surface area contributed by atoms with E-state index in [0.717, 1.165) is 18.8 Å². The highest BCUT2D eigenvalue weighted by Gasteiger charge is 2.24. The largest absolute Gasteiger partial charge is 0.339 e. The minimum Gasteiger partial charge on any atom is -0.339 e. The molecule has 1 fully saturated rings. The first kappa shape index (κ1) is 11.5. The maximum atomic E-state index is 5.44. The third-order valence-corrected chi connectivity index (χ3v) is 3.19. The Bertz CT molecular complexity index is 326. The van der Waals surface area contributed by atoms with Crippen molar-refractivity contribution in [2.75, 3.05) is 19.6 Å². The fourth-order valence-corrected chi connectivity index (χ4v) is 2.35. The van der Waals surface area contributed by atoms with Crippen LogP contribution in [0.1, 0.15) is 31.5 Å². The standard InChI is InChI=1S/C11H20N4O/c1-2-15-7-3-4-9(15)8-10-13-11(5-6-12)16-14-10/h9H,2-8,12H2,1H3. The van der Waals surface area contributed by atoms with Crippen LogP contribution in [-0.4, -0.2) is 40.7 Å². The molecular weight excluding hydrogens is 204 g/mol. The van der Waals surface area contributed by atoms with Crippen LogP contribution in [0.15, 0.2) is 4.52 Å². The monoisotopic (exact) mass is 224 g/mol. The Hall–Kier alpha value is -0.940. The lowest BCUT2D eigenvalue weighted by Gasteiger charge is -2.20. The molecule has 2 rings (SSSR count). The van der Waals surface area contributed by atoms with Crippen LogP contribution in [0.5, 0.6) is 0 Å². The summed E-state index contributed by atoms with van der Waals surface area (Å²) < 4.78 is 5.12. The molecule has 5 heteroatoms. The SMILES string of the molecule is CCN1CCCC1Cc1noc(CCN)n1. The van der Waals surface area contributed by atoms with Crippen molar-refractivity contribution < 1.29 is 4.52 Å². The number of likely N-dealkylation sites (N-methyl/N-ethyl adjacent to an activating group) is 1. The molecule has 1 atom stereocenters. The zero-order valence-corrected chi connectivity index (χ0v) is 9.85. The molecule has 0 radical (unpaired) electrons. The summed E-state index contributed by atoms with van der Waals surface area (Å²) in [5, 5.41) is 4.00. The van der Waals surface area contributed by atoms with Crippen LogP contribution in [0.3, 0.4) is 0 Å². The van der Waals surface area contributed by atoms with Gasteiger partial charge in [-0.25, -0.2) is 0 Å². The first-order chi connectivity index (χ1) is 7.83. The number of hydrogen-bond acceptors (Lipinski definition) is 5. The maximum absolute atomic E-state index is 5.44. The predicted octanol–water partition coefficient (Wildman–Crippen LogP) is 0.598. The van der Waals surface area contributed by atoms with Crippen LogP contribution in [-0.2, 0) is 12.8 Å². The number of nitrogens with zero attached hydrogens (tertiary/aromatic N) is 3. The van der Waals surface area contributed by atoms with Crippen LogP contribution >= 0.6 is 0 Å². The molecule has 1 saturated heterocycles. The topological polar surface area (TPSA) is 68.2 Å². The van der Waals surface area contributed by atoms with Crippen LogP contribution in [0, 0.1) is 0 Å². The Morgan fingerprint density at radius 3 is 3.19 bits per heavy atom. The second-order valence-electron chi connectivity index (χ2n) is 4.27. The second-order valence-corrected chi connectivity index (χ2v) is 4.27. The molecule has 0 bridgehead atoms. The van der Waals surface area contributed by atoms with Gasteiger partial charge in [-0.1, -0.05) is 12.1 Å². The highest BCUT2D eigenvalue weighted by atomic mass is 16.5. The minimum absolute atomic E-state index is 0.562. The molecule has 0 aromatic carbocycles. The summed E-state index contributed by atoms with van der Waals surface area (Å²) in [6.07, 6.45) is 4.11. The van der Waals surface area contributed by atoms with E-state index in [-0.39, 0.29) is 0 Å². The number of likely N-dealkylation sites (tertiary alicyclic amines) is 1. The molecule has 1 unspecified atom stereocenters. The molecule has 90 valence electrons. The molecule has 2 heterocycles. The van der Waals surface area contributed by atoms with E-state index in [1.807, 2.05) is 0 Å². The van der Waals surface area contributed by atoms with Crippen molar-refractivity contribution >= 4 is 0 Å². The van der Waals surface area contributed by atoms with Gasteiger partial charge < -0.3 is 15.2 Å². The number of hydrogen-bond donors (Lipinski definition) is 1. The highest BCUT2D eigenvalue weighted by molar-refractivity contribution is 4.93. The molecule has 16 heavy (non-hydrogen) atoms. The van der Waals surface area contributed by atoms with Gasteiger partial charge in [0, 0.05) is 25.4 Å². The summed E-state index contributed by atoms with van der Waals surface area (Å²) in [5.74, 6) is 1.49. The molecule has 1 aromatic heterocycles. The zero-order valence-electron chi connectivity index (χ0n) is 9.85. The van der Waals surface area contributed by atoms with Gasteiger partial charge in [0.15, 0.2) is 5.82 Å². The summed E-state index contributed by atoms with van der Waals surface area (Å²) >= 11 is 0. The van der Waals surface area contributed by atoms with Gasteiger partial charge in [0.1, 0.15) is 0 Å². The van der Waals surface area contributed by atoms with E-state index >= 15 is 0 Å². The summed E-state index contributed by atoms with van der Waals surface area (Å²) in [6.45, 7) is 5.08. The van der Waals surface area contributed by atoms with E-state index < -0.39 is 0 Å². The first-order valence-corrected chi connectivity index (χ1v) is 6.09. The summed E-state index contributed by atoms with van der Waals surface area (Å²) in [6, 6.07) is 0.591. The quantitative estimate of drug-likeness (QED) is 0.793. The van der Waals surface area contributed by atoms with E-state index in [2.05, 4.69) is 22.0 Å². The predicted molar refractivity (Wildman–Crippen MR) is 61.0 cm³/mol. The van der Waals surface area contributed by atoms with Gasteiger partial charge in [0.2, 0.25) is 5.89 Å². The van der Waals surface area contributed by atoms with Gasteiger partial charge >= 0.3 is 0 Å². The average Bonchev–Trinajstić information content (AvgIpc) is 2.89. The molecule has 1 aliphatic heterocycles. The molecule has 1 aromatic rings. The normalized spacial score (nSPS) is 21.8. The van der Waals surface area contributed by atoms with E-state index in [1.165, 1.54) is 19.4 Å². The van der Waals surface area contributed by atoms with Crippen LogP contribution in [0.4, 0.5) is 0 Å². The van der Waals surface area contributed by atoms with E-state index in [0.29, 0.717) is 24.9 Å².